The van der Waals surface area contributed by atoms with Crippen molar-refractivity contribution in [2.75, 3.05) is 0 Å². The summed E-state index contributed by atoms with van der Waals surface area (Å²) in [6.45, 7) is 0. The number of urea groups is 1. The van der Waals surface area contributed by atoms with Crippen LogP contribution in [0.25, 0.3) is 6.08 Å². The Bertz CT molecular complexity index is 379. The van der Waals surface area contributed by atoms with Crippen molar-refractivity contribution in [1.29, 1.82) is 0 Å². The molecular formula is C10H8N2O. The van der Waals surface area contributed by atoms with Crippen LogP contribution in [0.15, 0.2) is 41.0 Å². The molecule has 2 amide bonds. The molecule has 1 aliphatic heterocycles. The predicted octanol–water partition coefficient (Wildman–Crippen LogP) is 1.82. The van der Waals surface area contributed by atoms with E-state index in [0.29, 0.717) is 0 Å². The molecule has 1 aromatic rings. The van der Waals surface area contributed by atoms with Crippen LogP contribution >= 0.6 is 0 Å². The minimum atomic E-state index is -0.304. The second-order valence-corrected chi connectivity index (χ2v) is 2.70. The fourth-order valence-corrected chi connectivity index (χ4v) is 1.12. The molecule has 1 aromatic carbocycles. The molecule has 1 heterocycles. The van der Waals surface area contributed by atoms with Crippen LogP contribution in [0.2, 0.25) is 0 Å². The minimum Gasteiger partial charge on any atom is -0.305 e. The average molecular weight is 172 g/mol. The Balaban J connectivity index is 2.23. The van der Waals surface area contributed by atoms with Crippen LogP contribution in [-0.4, -0.2) is 12.2 Å². The number of amides is 2. The van der Waals surface area contributed by atoms with Gasteiger partial charge in [0, 0.05) is 0 Å². The number of hydrogen-bond acceptors (Lipinski definition) is 1. The number of carbonyl (C=O) groups excluding carboxylic acids is 1. The van der Waals surface area contributed by atoms with Crippen LogP contribution in [0.4, 0.5) is 4.79 Å². The van der Waals surface area contributed by atoms with E-state index in [-0.39, 0.29) is 6.03 Å². The maximum Gasteiger partial charge on any atom is 0.345 e. The van der Waals surface area contributed by atoms with Gasteiger partial charge in [-0.3, -0.25) is 0 Å². The Hall–Kier alpha value is -1.90. The molecule has 0 saturated heterocycles. The summed E-state index contributed by atoms with van der Waals surface area (Å²) in [4.78, 5) is 14.3. The van der Waals surface area contributed by atoms with E-state index in [1.165, 1.54) is 6.21 Å². The third-order valence-corrected chi connectivity index (χ3v) is 1.69. The molecule has 3 nitrogen and oxygen atoms in total. The third-order valence-electron chi connectivity index (χ3n) is 1.69. The fraction of sp³-hybridized carbons (Fsp3) is 0. The molecule has 0 atom stereocenters. The van der Waals surface area contributed by atoms with Crippen LogP contribution < -0.4 is 5.32 Å². The molecule has 1 N–H and O–H groups in total. The van der Waals surface area contributed by atoms with Crippen LogP contribution in [0, 0.1) is 0 Å². The van der Waals surface area contributed by atoms with E-state index in [1.54, 1.807) is 0 Å². The first kappa shape index (κ1) is 7.73. The average Bonchev–Trinajstić information content (AvgIpc) is 2.53. The van der Waals surface area contributed by atoms with E-state index in [0.717, 1.165) is 11.3 Å². The lowest BCUT2D eigenvalue weighted by atomic mass is 10.2. The molecule has 0 fully saturated rings. The van der Waals surface area contributed by atoms with Gasteiger partial charge in [-0.1, -0.05) is 30.3 Å². The second-order valence-electron chi connectivity index (χ2n) is 2.70. The molecule has 0 aromatic heterocycles. The van der Waals surface area contributed by atoms with Crippen LogP contribution in [0.3, 0.4) is 0 Å². The quantitative estimate of drug-likeness (QED) is 0.689. The predicted molar refractivity (Wildman–Crippen MR) is 51.4 cm³/mol. The zero-order chi connectivity index (χ0) is 9.10. The molecule has 0 bridgehead atoms. The van der Waals surface area contributed by atoms with Gasteiger partial charge in [-0.05, 0) is 11.6 Å². The number of aliphatic imine (C=N–C) groups is 1. The molecule has 0 spiro atoms. The number of benzene rings is 1. The standard InChI is InChI=1S/C10H8N2O/c13-10-11-7-9(12-10)6-8-4-2-1-3-5-8/h1-7H,(H,12,13). The Labute approximate surface area is 75.8 Å². The van der Waals surface area contributed by atoms with Gasteiger partial charge in [-0.15, -0.1) is 0 Å². The minimum absolute atomic E-state index is 0.304. The highest BCUT2D eigenvalue weighted by molar-refractivity contribution is 6.02. The summed E-state index contributed by atoms with van der Waals surface area (Å²) in [6.07, 6.45) is 3.39. The molecule has 3 heteroatoms. The summed E-state index contributed by atoms with van der Waals surface area (Å²) in [5.74, 6) is 0. The molecule has 1 aliphatic rings. The Morgan fingerprint density at radius 3 is 2.62 bits per heavy atom. The summed E-state index contributed by atoms with van der Waals surface area (Å²) in [7, 11) is 0. The van der Waals surface area contributed by atoms with Crippen molar-refractivity contribution >= 4 is 18.3 Å². The lowest BCUT2D eigenvalue weighted by Gasteiger charge is -1.94. The first-order valence-electron chi connectivity index (χ1n) is 3.96. The summed E-state index contributed by atoms with van der Waals surface area (Å²) in [6, 6.07) is 9.46. The number of nitrogens with zero attached hydrogens (tertiary/aromatic N) is 1. The van der Waals surface area contributed by atoms with E-state index in [9.17, 15) is 4.79 Å². The van der Waals surface area contributed by atoms with Gasteiger partial charge in [-0.2, -0.15) is 4.99 Å². The summed E-state index contributed by atoms with van der Waals surface area (Å²) >= 11 is 0. The van der Waals surface area contributed by atoms with Gasteiger partial charge in [0.1, 0.15) is 0 Å². The molecule has 13 heavy (non-hydrogen) atoms. The molecule has 2 rings (SSSR count). The van der Waals surface area contributed by atoms with E-state index < -0.39 is 0 Å². The number of carbonyl (C=O) groups is 1. The van der Waals surface area contributed by atoms with Crippen molar-refractivity contribution in [3.05, 3.63) is 41.6 Å². The van der Waals surface area contributed by atoms with E-state index >= 15 is 0 Å². The highest BCUT2D eigenvalue weighted by Gasteiger charge is 2.06. The zero-order valence-corrected chi connectivity index (χ0v) is 6.90. The molecule has 0 aliphatic carbocycles. The first-order chi connectivity index (χ1) is 6.34. The van der Waals surface area contributed by atoms with Gasteiger partial charge >= 0.3 is 6.03 Å². The molecule has 0 unspecified atom stereocenters. The summed E-state index contributed by atoms with van der Waals surface area (Å²) in [5, 5.41) is 2.60. The van der Waals surface area contributed by atoms with Crippen LogP contribution in [0.1, 0.15) is 5.56 Å². The van der Waals surface area contributed by atoms with Crippen molar-refractivity contribution in [3.8, 4) is 0 Å². The maximum absolute atomic E-state index is 10.7. The molecule has 0 saturated carbocycles. The van der Waals surface area contributed by atoms with Crippen molar-refractivity contribution in [3.63, 3.8) is 0 Å². The lowest BCUT2D eigenvalue weighted by molar-refractivity contribution is 0.253. The second kappa shape index (κ2) is 3.23. The number of nitrogens with one attached hydrogen (secondary N) is 1. The maximum atomic E-state index is 10.7. The van der Waals surface area contributed by atoms with Gasteiger partial charge in [0.2, 0.25) is 0 Å². The topological polar surface area (TPSA) is 41.5 Å². The molecule has 64 valence electrons. The normalized spacial score (nSPS) is 17.8. The van der Waals surface area contributed by atoms with Gasteiger partial charge in [0.25, 0.3) is 0 Å². The molecule has 0 radical (unpaired) electrons. The summed E-state index contributed by atoms with van der Waals surface area (Å²) < 4.78 is 0. The smallest absolute Gasteiger partial charge is 0.305 e. The van der Waals surface area contributed by atoms with Crippen molar-refractivity contribution in [2.24, 2.45) is 4.99 Å². The van der Waals surface area contributed by atoms with Crippen LogP contribution in [0.5, 0.6) is 0 Å². The van der Waals surface area contributed by atoms with Gasteiger partial charge in [0.05, 0.1) is 11.9 Å². The van der Waals surface area contributed by atoms with Crippen molar-refractivity contribution < 1.29 is 4.79 Å². The Kier molecular flexibility index (Phi) is 1.92. The van der Waals surface area contributed by atoms with E-state index in [1.807, 2.05) is 36.4 Å². The lowest BCUT2D eigenvalue weighted by Crippen LogP contribution is -2.11. The summed E-state index contributed by atoms with van der Waals surface area (Å²) in [5.41, 5.74) is 1.78. The fourth-order valence-electron chi connectivity index (χ4n) is 1.12. The number of hydrogen-bond donors (Lipinski definition) is 1. The largest absolute Gasteiger partial charge is 0.345 e. The van der Waals surface area contributed by atoms with Gasteiger partial charge in [-0.25, -0.2) is 4.79 Å². The number of rotatable bonds is 1. The van der Waals surface area contributed by atoms with Crippen LogP contribution in [-0.2, 0) is 0 Å². The first-order valence-corrected chi connectivity index (χ1v) is 3.96. The van der Waals surface area contributed by atoms with E-state index in [4.69, 9.17) is 0 Å². The van der Waals surface area contributed by atoms with Crippen molar-refractivity contribution in [1.82, 2.24) is 5.32 Å². The van der Waals surface area contributed by atoms with Crippen molar-refractivity contribution in [2.45, 2.75) is 0 Å². The van der Waals surface area contributed by atoms with Gasteiger partial charge < -0.3 is 5.32 Å². The Morgan fingerprint density at radius 1 is 1.23 bits per heavy atom. The highest BCUT2D eigenvalue weighted by Crippen LogP contribution is 2.05. The van der Waals surface area contributed by atoms with Gasteiger partial charge in [0.15, 0.2) is 0 Å². The number of allylic oxidation sites excluding steroid dienone is 1. The molecular weight excluding hydrogens is 164 g/mol. The van der Waals surface area contributed by atoms with E-state index in [2.05, 4.69) is 10.3 Å². The highest BCUT2D eigenvalue weighted by atomic mass is 16.2. The third kappa shape index (κ3) is 1.82. The SMILES string of the molecule is O=C1N=CC(=Cc2ccccc2)N1. The Morgan fingerprint density at radius 2 is 2.00 bits per heavy atom. The monoisotopic (exact) mass is 172 g/mol. The zero-order valence-electron chi connectivity index (χ0n) is 6.90.